The van der Waals surface area contributed by atoms with Crippen molar-refractivity contribution in [1.29, 1.82) is 0 Å². The van der Waals surface area contributed by atoms with Crippen molar-refractivity contribution >= 4 is 23.7 Å². The number of aliphatic imine (C=N–C) groups is 1. The molecule has 6 N–H and O–H groups in total. The molecule has 2 saturated heterocycles. The monoisotopic (exact) mass is 458 g/mol. The molecule has 0 saturated carbocycles. The van der Waals surface area contributed by atoms with Gasteiger partial charge in [0.05, 0.1) is 6.10 Å². The van der Waals surface area contributed by atoms with Gasteiger partial charge in [-0.1, -0.05) is 18.2 Å². The van der Waals surface area contributed by atoms with Gasteiger partial charge in [0.15, 0.2) is 12.0 Å². The van der Waals surface area contributed by atoms with Crippen molar-refractivity contribution in [2.45, 2.75) is 64.3 Å². The van der Waals surface area contributed by atoms with E-state index in [0.717, 1.165) is 29.5 Å². The fourth-order valence-electron chi connectivity index (χ4n) is 4.13. The summed E-state index contributed by atoms with van der Waals surface area (Å²) in [6.07, 6.45) is 2.63. The maximum Gasteiger partial charge on any atom is 0.253 e. The van der Waals surface area contributed by atoms with E-state index < -0.39 is 23.9 Å². The third kappa shape index (κ3) is 6.44. The summed E-state index contributed by atoms with van der Waals surface area (Å²) >= 11 is 0. The second kappa shape index (κ2) is 11.1. The number of hydrogen-bond acceptors (Lipinski definition) is 5. The van der Waals surface area contributed by atoms with E-state index in [9.17, 15) is 14.4 Å². The Labute approximate surface area is 194 Å². The number of nitrogens with two attached hydrogens (primary N) is 2. The van der Waals surface area contributed by atoms with Crippen molar-refractivity contribution in [3.05, 3.63) is 34.9 Å². The highest BCUT2D eigenvalue weighted by Crippen LogP contribution is 2.20. The number of rotatable bonds is 9. The standard InChI is InChI=1S/C23H34N6O4/c1-14-7-8-16(11-15(14)2)13-29-19(20(30)27-12-17-5-4-10-33-17)21(31)28-18(22(29)32)6-3-9-26-23(24)25/h7-8,11,17-19H,3-6,9-10,12-13H2,1-2H3,(H,27,30)(H,28,31)(H4,24,25,26). The third-order valence-electron chi connectivity index (χ3n) is 6.10. The van der Waals surface area contributed by atoms with Crippen LogP contribution < -0.4 is 22.1 Å². The lowest BCUT2D eigenvalue weighted by atomic mass is 10.00. The van der Waals surface area contributed by atoms with Crippen LogP contribution in [0.1, 0.15) is 42.4 Å². The number of carbonyl (C=O) groups excluding carboxylic acids is 3. The summed E-state index contributed by atoms with van der Waals surface area (Å²) in [7, 11) is 0. The van der Waals surface area contributed by atoms with Crippen LogP contribution in [0.25, 0.3) is 0 Å². The molecule has 33 heavy (non-hydrogen) atoms. The van der Waals surface area contributed by atoms with E-state index in [0.29, 0.717) is 32.5 Å². The minimum absolute atomic E-state index is 0.0200. The van der Waals surface area contributed by atoms with E-state index in [1.807, 2.05) is 32.0 Å². The fraction of sp³-hybridized carbons (Fsp3) is 0.565. The van der Waals surface area contributed by atoms with Gasteiger partial charge in [-0.15, -0.1) is 0 Å². The molecular weight excluding hydrogens is 424 g/mol. The summed E-state index contributed by atoms with van der Waals surface area (Å²) < 4.78 is 5.55. The number of amides is 3. The average Bonchev–Trinajstić information content (AvgIpc) is 3.29. The number of piperazine rings is 1. The van der Waals surface area contributed by atoms with Crippen LogP contribution in [0.2, 0.25) is 0 Å². The molecule has 0 aromatic heterocycles. The van der Waals surface area contributed by atoms with Gasteiger partial charge in [0.2, 0.25) is 5.91 Å². The molecule has 10 heteroatoms. The lowest BCUT2D eigenvalue weighted by Gasteiger charge is -2.38. The van der Waals surface area contributed by atoms with Crippen molar-refractivity contribution in [1.82, 2.24) is 15.5 Å². The van der Waals surface area contributed by atoms with Crippen LogP contribution in [-0.2, 0) is 25.7 Å². The van der Waals surface area contributed by atoms with Gasteiger partial charge in [-0.2, -0.15) is 0 Å². The van der Waals surface area contributed by atoms with Gasteiger partial charge in [0.1, 0.15) is 6.04 Å². The third-order valence-corrected chi connectivity index (χ3v) is 6.10. The first-order valence-electron chi connectivity index (χ1n) is 11.4. The zero-order valence-electron chi connectivity index (χ0n) is 19.3. The summed E-state index contributed by atoms with van der Waals surface area (Å²) in [4.78, 5) is 44.6. The average molecular weight is 459 g/mol. The molecule has 3 amide bonds. The van der Waals surface area contributed by atoms with Crippen LogP contribution in [0.3, 0.4) is 0 Å². The molecule has 10 nitrogen and oxygen atoms in total. The summed E-state index contributed by atoms with van der Waals surface area (Å²) in [6.45, 7) is 5.49. The van der Waals surface area contributed by atoms with Crippen molar-refractivity contribution in [3.63, 3.8) is 0 Å². The largest absolute Gasteiger partial charge is 0.376 e. The quantitative estimate of drug-likeness (QED) is 0.175. The molecule has 0 spiro atoms. The molecule has 2 heterocycles. The van der Waals surface area contributed by atoms with E-state index in [2.05, 4.69) is 15.6 Å². The maximum atomic E-state index is 13.4. The van der Waals surface area contributed by atoms with Crippen LogP contribution in [0.5, 0.6) is 0 Å². The Kier molecular flexibility index (Phi) is 8.26. The van der Waals surface area contributed by atoms with E-state index >= 15 is 0 Å². The number of nitrogens with one attached hydrogen (secondary N) is 2. The number of carbonyl (C=O) groups is 3. The predicted molar refractivity (Wildman–Crippen MR) is 124 cm³/mol. The van der Waals surface area contributed by atoms with Crippen molar-refractivity contribution in [2.75, 3.05) is 19.7 Å². The highest BCUT2D eigenvalue weighted by molar-refractivity contribution is 6.10. The number of benzene rings is 1. The van der Waals surface area contributed by atoms with Gasteiger partial charge < -0.3 is 31.7 Å². The topological polar surface area (TPSA) is 152 Å². The Hall–Kier alpha value is -3.14. The second-order valence-electron chi connectivity index (χ2n) is 8.68. The molecule has 1 aromatic rings. The first-order valence-corrected chi connectivity index (χ1v) is 11.4. The summed E-state index contributed by atoms with van der Waals surface area (Å²) in [6, 6.07) is 3.88. The Balaban J connectivity index is 1.76. The van der Waals surface area contributed by atoms with Gasteiger partial charge in [0, 0.05) is 26.2 Å². The van der Waals surface area contributed by atoms with E-state index in [-0.39, 0.29) is 24.5 Å². The SMILES string of the molecule is Cc1ccc(CN2C(=O)C(CCCN=C(N)N)NC(=O)C2C(=O)NCC2CCCO2)cc1C. The molecule has 3 unspecified atom stereocenters. The maximum absolute atomic E-state index is 13.4. The van der Waals surface area contributed by atoms with Crippen molar-refractivity contribution in [3.8, 4) is 0 Å². The van der Waals surface area contributed by atoms with Gasteiger partial charge in [-0.25, -0.2) is 0 Å². The van der Waals surface area contributed by atoms with Crippen molar-refractivity contribution in [2.24, 2.45) is 16.5 Å². The normalized spacial score (nSPS) is 22.7. The predicted octanol–water partition coefficient (Wildman–Crippen LogP) is -0.152. The summed E-state index contributed by atoms with van der Waals surface area (Å²) in [5.41, 5.74) is 13.8. The molecule has 3 atom stereocenters. The highest BCUT2D eigenvalue weighted by atomic mass is 16.5. The number of ether oxygens (including phenoxy) is 1. The lowest BCUT2D eigenvalue weighted by molar-refractivity contribution is -0.155. The first kappa shape index (κ1) is 24.5. The van der Waals surface area contributed by atoms with Gasteiger partial charge in [0.25, 0.3) is 11.8 Å². The molecule has 2 aliphatic heterocycles. The molecule has 0 aliphatic carbocycles. The number of aryl methyl sites for hydroxylation is 2. The van der Waals surface area contributed by atoms with E-state index in [1.165, 1.54) is 4.90 Å². The van der Waals surface area contributed by atoms with Gasteiger partial charge >= 0.3 is 0 Å². The van der Waals surface area contributed by atoms with Gasteiger partial charge in [-0.3, -0.25) is 19.4 Å². The molecule has 1 aromatic carbocycles. The van der Waals surface area contributed by atoms with E-state index in [1.54, 1.807) is 0 Å². The van der Waals surface area contributed by atoms with E-state index in [4.69, 9.17) is 16.2 Å². The highest BCUT2D eigenvalue weighted by Gasteiger charge is 2.44. The molecule has 0 radical (unpaired) electrons. The van der Waals surface area contributed by atoms with Crippen LogP contribution in [0.15, 0.2) is 23.2 Å². The molecular formula is C23H34N6O4. The van der Waals surface area contributed by atoms with Gasteiger partial charge in [-0.05, 0) is 56.2 Å². The molecule has 0 bridgehead atoms. The molecule has 3 rings (SSSR count). The van der Waals surface area contributed by atoms with Crippen molar-refractivity contribution < 1.29 is 19.1 Å². The Morgan fingerprint density at radius 1 is 1.27 bits per heavy atom. The molecule has 180 valence electrons. The minimum Gasteiger partial charge on any atom is -0.376 e. The zero-order chi connectivity index (χ0) is 24.0. The second-order valence-corrected chi connectivity index (χ2v) is 8.68. The molecule has 2 fully saturated rings. The number of guanidine groups is 1. The van der Waals surface area contributed by atoms with Crippen LogP contribution >= 0.6 is 0 Å². The van der Waals surface area contributed by atoms with Crippen LogP contribution in [0.4, 0.5) is 0 Å². The van der Waals surface area contributed by atoms with Crippen LogP contribution in [-0.4, -0.2) is 66.5 Å². The fourth-order valence-corrected chi connectivity index (χ4v) is 4.13. The number of nitrogens with zero attached hydrogens (tertiary/aromatic N) is 2. The zero-order valence-corrected chi connectivity index (χ0v) is 19.3. The summed E-state index contributed by atoms with van der Waals surface area (Å²) in [5, 5.41) is 5.51. The Bertz CT molecular complexity index is 908. The molecule has 2 aliphatic rings. The first-order chi connectivity index (χ1) is 15.8. The smallest absolute Gasteiger partial charge is 0.253 e. The summed E-state index contributed by atoms with van der Waals surface area (Å²) in [5.74, 6) is -1.31. The minimum atomic E-state index is -1.24. The van der Waals surface area contributed by atoms with Crippen LogP contribution in [0, 0.1) is 13.8 Å². The Morgan fingerprint density at radius 2 is 2.06 bits per heavy atom. The Morgan fingerprint density at radius 3 is 2.73 bits per heavy atom. The lowest BCUT2D eigenvalue weighted by Crippen LogP contribution is -2.67. The number of hydrogen-bond donors (Lipinski definition) is 4.